The number of allylic oxidation sites excluding steroid dienone is 4. The molecule has 0 amide bonds. The molecular weight excluding hydrogens is 544 g/mol. The van der Waals surface area contributed by atoms with Crippen LogP contribution >= 0.6 is 0 Å². The molecule has 3 rings (SSSR count). The third-order valence-corrected chi connectivity index (χ3v) is 9.44. The first kappa shape index (κ1) is 36.7. The van der Waals surface area contributed by atoms with Crippen LogP contribution in [0.3, 0.4) is 0 Å². The van der Waals surface area contributed by atoms with Crippen molar-refractivity contribution in [3.8, 4) is 0 Å². The van der Waals surface area contributed by atoms with E-state index in [0.29, 0.717) is 0 Å². The fourth-order valence-electron chi connectivity index (χ4n) is 7.29. The monoisotopic (exact) mass is 609 g/mol. The molecule has 0 N–H and O–H groups in total. The van der Waals surface area contributed by atoms with Crippen LogP contribution in [-0.4, -0.2) is 4.70 Å². The summed E-state index contributed by atoms with van der Waals surface area (Å²) in [7, 11) is 0. The van der Waals surface area contributed by atoms with Crippen molar-refractivity contribution in [2.24, 2.45) is 0 Å². The van der Waals surface area contributed by atoms with Crippen LogP contribution in [-0.2, 0) is 38.5 Å². The Morgan fingerprint density at radius 3 is 1.31 bits per heavy atom. The summed E-state index contributed by atoms with van der Waals surface area (Å²) in [5, 5.41) is 0. The zero-order valence-electron chi connectivity index (χ0n) is 30.4. The maximum atomic E-state index is 12.4. The maximum Gasteiger partial charge on any atom is 0.215 e. The van der Waals surface area contributed by atoms with Crippen molar-refractivity contribution in [1.82, 2.24) is 0 Å². The maximum absolute atomic E-state index is 12.4. The van der Waals surface area contributed by atoms with Crippen LogP contribution in [0.2, 0.25) is 0 Å². The van der Waals surface area contributed by atoms with Crippen LogP contribution in [0.1, 0.15) is 171 Å². The molecule has 2 heteroatoms. The topological polar surface area (TPSA) is 25.3 Å². The third-order valence-electron chi connectivity index (χ3n) is 9.44. The molecule has 1 aliphatic rings. The smallest absolute Gasteiger partial charge is 0.215 e. The highest BCUT2D eigenvalue weighted by Gasteiger charge is 2.35. The van der Waals surface area contributed by atoms with Crippen LogP contribution in [0, 0.1) is 0 Å². The molecule has 2 aromatic carbocycles. The minimum atomic E-state index is 0.879. The average Bonchev–Trinajstić information content (AvgIpc) is 3.31. The molecule has 0 radical (unpaired) electrons. The second kappa shape index (κ2) is 19.0. The molecule has 0 bridgehead atoms. The number of benzene rings is 2. The van der Waals surface area contributed by atoms with Crippen LogP contribution in [0.4, 0.5) is 0 Å². The first-order valence-corrected chi connectivity index (χ1v) is 18.9. The van der Waals surface area contributed by atoms with Crippen LogP contribution in [0.15, 0.2) is 47.6 Å². The fraction of sp³-hybridized carbons (Fsp3) is 0.581. The van der Waals surface area contributed by atoms with Crippen LogP contribution in [0.5, 0.6) is 0 Å². The number of nitrogens with zero attached hydrogens (tertiary/aromatic N) is 2. The molecule has 246 valence electrons. The van der Waals surface area contributed by atoms with Gasteiger partial charge in [-0.1, -0.05) is 112 Å². The van der Waals surface area contributed by atoms with Gasteiger partial charge in [-0.05, 0) is 122 Å². The van der Waals surface area contributed by atoms with Crippen LogP contribution in [0.25, 0.3) is 16.9 Å². The van der Waals surface area contributed by atoms with Crippen molar-refractivity contribution in [1.29, 1.82) is 0 Å². The van der Waals surface area contributed by atoms with Gasteiger partial charge in [0.25, 0.3) is 0 Å². The summed E-state index contributed by atoms with van der Waals surface area (Å²) in [6, 6.07) is 9.71. The molecule has 2 aromatic rings. The van der Waals surface area contributed by atoms with E-state index < -0.39 is 0 Å². The lowest BCUT2D eigenvalue weighted by molar-refractivity contribution is -0.345. The minimum absolute atomic E-state index is 0.879. The van der Waals surface area contributed by atoms with E-state index >= 15 is 0 Å². The molecular formula is C43H64N2. The van der Waals surface area contributed by atoms with Crippen molar-refractivity contribution in [2.75, 3.05) is 0 Å². The van der Waals surface area contributed by atoms with E-state index in [0.717, 1.165) is 94.9 Å². The fourth-order valence-corrected chi connectivity index (χ4v) is 7.29. The first-order chi connectivity index (χ1) is 21.9. The van der Waals surface area contributed by atoms with Gasteiger partial charge >= 0.3 is 0 Å². The Labute approximate surface area is 277 Å². The summed E-state index contributed by atoms with van der Waals surface area (Å²) in [6.45, 7) is 18.3. The van der Waals surface area contributed by atoms with Crippen molar-refractivity contribution in [3.05, 3.63) is 97.6 Å². The SMILES string of the molecule is CCCC=CC1=C(c2cc(CCC)c(CCCC)c(CCC)c2)[N+](=[N-])C(c2cc(CCC)c(CCCC)c(CCC)c2)=C1CC. The lowest BCUT2D eigenvalue weighted by Gasteiger charge is -2.19. The Kier molecular flexibility index (Phi) is 15.5. The Morgan fingerprint density at radius 1 is 0.533 bits per heavy atom. The summed E-state index contributed by atoms with van der Waals surface area (Å²) in [5.74, 6) is 0. The van der Waals surface area contributed by atoms with Crippen molar-refractivity contribution in [2.45, 2.75) is 165 Å². The summed E-state index contributed by atoms with van der Waals surface area (Å²) >= 11 is 0. The predicted molar refractivity (Wildman–Crippen MR) is 198 cm³/mol. The Balaban J connectivity index is 2.31. The van der Waals surface area contributed by atoms with Gasteiger partial charge in [0.15, 0.2) is 0 Å². The number of rotatable bonds is 20. The standard InChI is InChI=1S/C43H64N2/c1-9-17-20-27-41-38(16-8)42(36-28-32(21-12-4)39(25-18-10-2)33(29-36)22-13-5)45(44)43(41)37-30-34(23-14-6)40(26-19-11-3)35(31-37)24-15-7/h20,27-31H,9-19,21-26H2,1-8H3. The molecule has 0 aromatic heterocycles. The van der Waals surface area contributed by atoms with Gasteiger partial charge in [-0.25, -0.2) is 4.70 Å². The van der Waals surface area contributed by atoms with Gasteiger partial charge in [-0.2, -0.15) is 0 Å². The molecule has 0 spiro atoms. The largest absolute Gasteiger partial charge is 0.493 e. The van der Waals surface area contributed by atoms with Crippen molar-refractivity contribution < 1.29 is 4.70 Å². The summed E-state index contributed by atoms with van der Waals surface area (Å²) in [4.78, 5) is 0. The van der Waals surface area contributed by atoms with Crippen molar-refractivity contribution in [3.63, 3.8) is 0 Å². The van der Waals surface area contributed by atoms with Gasteiger partial charge < -0.3 is 5.53 Å². The quantitative estimate of drug-likeness (QED) is 0.134. The van der Waals surface area contributed by atoms with Gasteiger partial charge in [0.2, 0.25) is 11.4 Å². The van der Waals surface area contributed by atoms with E-state index in [4.69, 9.17) is 0 Å². The number of unbranched alkanes of at least 4 members (excludes halogenated alkanes) is 3. The Bertz CT molecular complexity index is 1310. The molecule has 1 heterocycles. The van der Waals surface area contributed by atoms with Crippen LogP contribution < -0.4 is 0 Å². The normalized spacial score (nSPS) is 13.7. The summed E-state index contributed by atoms with van der Waals surface area (Å²) in [5.41, 5.74) is 28.2. The summed E-state index contributed by atoms with van der Waals surface area (Å²) < 4.78 is 1.59. The molecule has 0 saturated heterocycles. The zero-order chi connectivity index (χ0) is 32.8. The van der Waals surface area contributed by atoms with E-state index in [1.807, 2.05) is 0 Å². The minimum Gasteiger partial charge on any atom is -0.493 e. The molecule has 0 saturated carbocycles. The summed E-state index contributed by atoms with van der Waals surface area (Å²) in [6.07, 6.45) is 23.8. The van der Waals surface area contributed by atoms with Gasteiger partial charge in [-0.3, -0.25) is 0 Å². The number of aryl methyl sites for hydroxylation is 4. The predicted octanol–water partition coefficient (Wildman–Crippen LogP) is 13.1. The first-order valence-electron chi connectivity index (χ1n) is 18.9. The molecule has 1 aliphatic heterocycles. The third kappa shape index (κ3) is 8.96. The molecule has 45 heavy (non-hydrogen) atoms. The highest BCUT2D eigenvalue weighted by Crippen LogP contribution is 2.44. The van der Waals surface area contributed by atoms with Gasteiger partial charge in [0.05, 0.1) is 5.57 Å². The molecule has 0 aliphatic carbocycles. The number of hydrogen-bond acceptors (Lipinski definition) is 0. The highest BCUT2D eigenvalue weighted by atomic mass is 15.2. The molecule has 0 atom stereocenters. The van der Waals surface area contributed by atoms with Gasteiger partial charge in [0, 0.05) is 16.7 Å². The molecule has 2 nitrogen and oxygen atoms in total. The van der Waals surface area contributed by atoms with Gasteiger partial charge in [-0.15, -0.1) is 0 Å². The second-order valence-corrected chi connectivity index (χ2v) is 13.2. The number of hydrogen-bond donors (Lipinski definition) is 0. The van der Waals surface area contributed by atoms with E-state index in [2.05, 4.69) is 91.8 Å². The van der Waals surface area contributed by atoms with E-state index in [-0.39, 0.29) is 0 Å². The lowest BCUT2D eigenvalue weighted by Crippen LogP contribution is -2.09. The second-order valence-electron chi connectivity index (χ2n) is 13.2. The zero-order valence-corrected chi connectivity index (χ0v) is 30.4. The van der Waals surface area contributed by atoms with E-state index in [9.17, 15) is 5.53 Å². The molecule has 0 fully saturated rings. The average molecular weight is 609 g/mol. The van der Waals surface area contributed by atoms with E-state index in [1.165, 1.54) is 70.2 Å². The Morgan fingerprint density at radius 2 is 0.956 bits per heavy atom. The highest BCUT2D eigenvalue weighted by molar-refractivity contribution is 5.84. The van der Waals surface area contributed by atoms with Crippen molar-refractivity contribution >= 4 is 11.4 Å². The Hall–Kier alpha value is -2.74. The van der Waals surface area contributed by atoms with E-state index in [1.54, 1.807) is 15.8 Å². The molecule has 0 unspecified atom stereocenters. The lowest BCUT2D eigenvalue weighted by atomic mass is 9.87. The van der Waals surface area contributed by atoms with Gasteiger partial charge in [0.1, 0.15) is 0 Å².